The van der Waals surface area contributed by atoms with Gasteiger partial charge in [-0.25, -0.2) is 14.8 Å². The van der Waals surface area contributed by atoms with Crippen molar-refractivity contribution in [1.82, 2.24) is 4.98 Å². The number of nitrogens with zero attached hydrogens (tertiary/aromatic N) is 2. The molecule has 2 rings (SSSR count). The number of hydrogen-bond acceptors (Lipinski definition) is 3. The quantitative estimate of drug-likeness (QED) is 0.669. The maximum absolute atomic E-state index is 10.9. The summed E-state index contributed by atoms with van der Waals surface area (Å²) < 4.78 is 0. The Labute approximate surface area is 121 Å². The van der Waals surface area contributed by atoms with Gasteiger partial charge in [-0.05, 0) is 31.2 Å². The van der Waals surface area contributed by atoms with Crippen LogP contribution in [0.1, 0.15) is 17.3 Å². The molecule has 2 aromatic rings. The van der Waals surface area contributed by atoms with E-state index in [1.807, 2.05) is 18.2 Å². The zero-order valence-corrected chi connectivity index (χ0v) is 11.4. The van der Waals surface area contributed by atoms with Crippen molar-refractivity contribution in [3.05, 3.63) is 53.2 Å². The van der Waals surface area contributed by atoms with Crippen molar-refractivity contribution in [2.24, 2.45) is 4.99 Å². The summed E-state index contributed by atoms with van der Waals surface area (Å²) >= 11 is 6.03. The Hall–Kier alpha value is -2.40. The van der Waals surface area contributed by atoms with E-state index in [9.17, 15) is 4.79 Å². The van der Waals surface area contributed by atoms with E-state index in [4.69, 9.17) is 16.7 Å². The van der Waals surface area contributed by atoms with Gasteiger partial charge in [0.15, 0.2) is 5.82 Å². The Morgan fingerprint density at radius 3 is 2.80 bits per heavy atom. The summed E-state index contributed by atoms with van der Waals surface area (Å²) in [5.74, 6) is -0.129. The molecule has 0 bridgehead atoms. The Kier molecular flexibility index (Phi) is 4.32. The highest BCUT2D eigenvalue weighted by Gasteiger charge is 2.04. The first-order valence-electron chi connectivity index (χ1n) is 5.82. The molecule has 0 aliphatic heterocycles. The molecule has 0 aliphatic carbocycles. The average molecular weight is 290 g/mol. The van der Waals surface area contributed by atoms with E-state index in [0.717, 1.165) is 5.69 Å². The summed E-state index contributed by atoms with van der Waals surface area (Å²) in [7, 11) is 0. The third-order valence-electron chi connectivity index (χ3n) is 2.46. The first-order chi connectivity index (χ1) is 9.56. The minimum Gasteiger partial charge on any atom is -0.478 e. The van der Waals surface area contributed by atoms with Gasteiger partial charge >= 0.3 is 5.97 Å². The van der Waals surface area contributed by atoms with Crippen molar-refractivity contribution < 1.29 is 9.90 Å². The Morgan fingerprint density at radius 1 is 1.35 bits per heavy atom. The van der Waals surface area contributed by atoms with Gasteiger partial charge in [-0.3, -0.25) is 0 Å². The zero-order valence-electron chi connectivity index (χ0n) is 10.7. The lowest BCUT2D eigenvalue weighted by Crippen LogP contribution is -2.07. The zero-order chi connectivity index (χ0) is 14.5. The maximum Gasteiger partial charge on any atom is 0.335 e. The van der Waals surface area contributed by atoms with Gasteiger partial charge in [0.1, 0.15) is 5.84 Å². The highest BCUT2D eigenvalue weighted by atomic mass is 35.5. The van der Waals surface area contributed by atoms with Crippen molar-refractivity contribution in [1.29, 1.82) is 0 Å². The van der Waals surface area contributed by atoms with E-state index in [1.165, 1.54) is 18.3 Å². The van der Waals surface area contributed by atoms with Crippen LogP contribution in [0.2, 0.25) is 5.02 Å². The van der Waals surface area contributed by atoms with Gasteiger partial charge in [0.05, 0.1) is 16.3 Å². The van der Waals surface area contributed by atoms with E-state index < -0.39 is 5.97 Å². The molecule has 6 heteroatoms. The van der Waals surface area contributed by atoms with Crippen LogP contribution in [0.4, 0.5) is 11.5 Å². The highest BCUT2D eigenvalue weighted by molar-refractivity contribution is 6.33. The highest BCUT2D eigenvalue weighted by Crippen LogP contribution is 2.21. The van der Waals surface area contributed by atoms with Crippen LogP contribution in [-0.4, -0.2) is 21.9 Å². The third-order valence-corrected chi connectivity index (χ3v) is 2.79. The summed E-state index contributed by atoms with van der Waals surface area (Å²) in [6, 6.07) is 10.1. The van der Waals surface area contributed by atoms with E-state index in [0.29, 0.717) is 16.7 Å². The van der Waals surface area contributed by atoms with E-state index in [2.05, 4.69) is 15.3 Å². The van der Waals surface area contributed by atoms with E-state index in [-0.39, 0.29) is 5.56 Å². The molecule has 1 aromatic heterocycles. The Bertz CT molecular complexity index is 671. The second-order valence-electron chi connectivity index (χ2n) is 4.01. The van der Waals surface area contributed by atoms with Crippen LogP contribution in [0, 0.1) is 0 Å². The predicted octanol–water partition coefficient (Wildman–Crippen LogP) is 3.60. The molecule has 0 amide bonds. The van der Waals surface area contributed by atoms with Crippen LogP contribution in [0.3, 0.4) is 0 Å². The topological polar surface area (TPSA) is 74.6 Å². The largest absolute Gasteiger partial charge is 0.478 e. The lowest BCUT2D eigenvalue weighted by atomic mass is 10.2. The number of carboxylic acid groups (broad SMARTS) is 1. The molecule has 1 heterocycles. The van der Waals surface area contributed by atoms with Crippen LogP contribution in [0.15, 0.2) is 47.6 Å². The van der Waals surface area contributed by atoms with Crippen LogP contribution < -0.4 is 5.32 Å². The molecule has 0 fully saturated rings. The van der Waals surface area contributed by atoms with Gasteiger partial charge in [0, 0.05) is 6.20 Å². The summed E-state index contributed by atoms with van der Waals surface area (Å²) in [6.45, 7) is 1.75. The number of aromatic nitrogens is 1. The minimum absolute atomic E-state index is 0.143. The summed E-state index contributed by atoms with van der Waals surface area (Å²) in [5, 5.41) is 12.5. The maximum atomic E-state index is 10.9. The Balaban J connectivity index is 2.20. The van der Waals surface area contributed by atoms with Crippen molar-refractivity contribution in [2.45, 2.75) is 6.92 Å². The fourth-order valence-corrected chi connectivity index (χ4v) is 1.75. The molecule has 0 saturated carbocycles. The summed E-state index contributed by atoms with van der Waals surface area (Å²) in [5.41, 5.74) is 0.870. The lowest BCUT2D eigenvalue weighted by molar-refractivity contribution is 0.0697. The number of nitrogens with one attached hydrogen (secondary N) is 1. The molecule has 0 atom stereocenters. The molecule has 0 spiro atoms. The lowest BCUT2D eigenvalue weighted by Gasteiger charge is -2.07. The second kappa shape index (κ2) is 6.16. The summed E-state index contributed by atoms with van der Waals surface area (Å²) in [6.07, 6.45) is 1.41. The molecular formula is C14H12ClN3O2. The number of aromatic carboxylic acids is 1. The van der Waals surface area contributed by atoms with Gasteiger partial charge in [-0.1, -0.05) is 23.7 Å². The molecule has 102 valence electrons. The number of hydrogen-bond donors (Lipinski definition) is 2. The van der Waals surface area contributed by atoms with E-state index >= 15 is 0 Å². The smallest absolute Gasteiger partial charge is 0.335 e. The van der Waals surface area contributed by atoms with Crippen molar-refractivity contribution in [2.75, 3.05) is 5.32 Å². The minimum atomic E-state index is -1.01. The molecule has 2 N–H and O–H groups in total. The van der Waals surface area contributed by atoms with Crippen LogP contribution >= 0.6 is 11.6 Å². The monoisotopic (exact) mass is 289 g/mol. The van der Waals surface area contributed by atoms with Gasteiger partial charge in [0.25, 0.3) is 0 Å². The van der Waals surface area contributed by atoms with E-state index in [1.54, 1.807) is 13.0 Å². The fraction of sp³-hybridized carbons (Fsp3) is 0.0714. The molecular weight excluding hydrogens is 278 g/mol. The summed E-state index contributed by atoms with van der Waals surface area (Å²) in [4.78, 5) is 19.1. The number of anilines is 1. The average Bonchev–Trinajstić information content (AvgIpc) is 2.41. The predicted molar refractivity (Wildman–Crippen MR) is 79.0 cm³/mol. The molecule has 0 radical (unpaired) electrons. The molecule has 5 nitrogen and oxygen atoms in total. The number of halogens is 1. The van der Waals surface area contributed by atoms with Crippen LogP contribution in [-0.2, 0) is 0 Å². The van der Waals surface area contributed by atoms with Gasteiger partial charge < -0.3 is 10.4 Å². The molecule has 1 aromatic carbocycles. The molecule has 0 unspecified atom stereocenters. The number of carboxylic acids is 1. The van der Waals surface area contributed by atoms with Gasteiger partial charge in [-0.15, -0.1) is 0 Å². The standard InChI is InChI=1S/C14H12ClN3O2/c1-9(17-12-5-3-2-4-11(12)15)18-13-8-10(14(19)20)6-7-16-13/h2-8H,1H3,(H,19,20)(H,16,17,18). The van der Waals surface area contributed by atoms with Crippen molar-refractivity contribution in [3.63, 3.8) is 0 Å². The second-order valence-corrected chi connectivity index (χ2v) is 4.42. The number of amidine groups is 1. The SMILES string of the molecule is CC(=Nc1cc(C(=O)O)ccn1)Nc1ccccc1Cl. The number of benzene rings is 1. The van der Waals surface area contributed by atoms with Crippen LogP contribution in [0.25, 0.3) is 0 Å². The Morgan fingerprint density at radius 2 is 2.10 bits per heavy atom. The molecule has 20 heavy (non-hydrogen) atoms. The molecule has 0 saturated heterocycles. The first kappa shape index (κ1) is 14.0. The van der Waals surface area contributed by atoms with Crippen molar-refractivity contribution in [3.8, 4) is 0 Å². The molecule has 0 aliphatic rings. The van der Waals surface area contributed by atoms with Gasteiger partial charge in [-0.2, -0.15) is 0 Å². The number of carbonyl (C=O) groups is 1. The number of rotatable bonds is 3. The first-order valence-corrected chi connectivity index (χ1v) is 6.20. The van der Waals surface area contributed by atoms with Crippen molar-refractivity contribution >= 4 is 34.9 Å². The normalized spacial score (nSPS) is 11.2. The number of pyridine rings is 1. The number of aliphatic imine (C=N–C) groups is 1. The van der Waals surface area contributed by atoms with Crippen LogP contribution in [0.5, 0.6) is 0 Å². The van der Waals surface area contributed by atoms with Gasteiger partial charge in [0.2, 0.25) is 0 Å². The number of para-hydroxylation sites is 1. The third kappa shape index (κ3) is 3.55. The fourth-order valence-electron chi connectivity index (χ4n) is 1.57.